The van der Waals surface area contributed by atoms with E-state index in [9.17, 15) is 19.2 Å². The van der Waals surface area contributed by atoms with E-state index in [1.54, 1.807) is 19.1 Å². The molecule has 0 spiro atoms. The fraction of sp³-hybridized carbons (Fsp3) is 0.522. The van der Waals surface area contributed by atoms with Crippen LogP contribution in [0.5, 0.6) is 0 Å². The summed E-state index contributed by atoms with van der Waals surface area (Å²) in [5.74, 6) is 0.596. The van der Waals surface area contributed by atoms with Crippen LogP contribution in [-0.4, -0.2) is 74.5 Å². The smallest absolute Gasteiger partial charge is 0.156 e. The summed E-state index contributed by atoms with van der Waals surface area (Å²) >= 11 is 0. The van der Waals surface area contributed by atoms with E-state index < -0.39 is 0 Å². The van der Waals surface area contributed by atoms with Crippen molar-refractivity contribution in [3.63, 3.8) is 0 Å². The molecule has 0 N–H and O–H groups in total. The molecule has 4 nitrogen and oxygen atoms in total. The second-order valence-electron chi connectivity index (χ2n) is 7.53. The number of rotatable bonds is 2. The molecular weight excluding hydrogens is 430 g/mol. The van der Waals surface area contributed by atoms with Crippen LogP contribution in [0.2, 0.25) is 0 Å². The predicted octanol–water partition coefficient (Wildman–Crippen LogP) is 5.29. The van der Waals surface area contributed by atoms with E-state index in [1.807, 2.05) is 20.8 Å². The van der Waals surface area contributed by atoms with Crippen molar-refractivity contribution in [3.05, 3.63) is 43.4 Å². The summed E-state index contributed by atoms with van der Waals surface area (Å²) in [5.41, 5.74) is 2.49. The van der Waals surface area contributed by atoms with Gasteiger partial charge in [0, 0.05) is 76.4 Å². The number of carbonyl (C=O) groups excluding carboxylic acids is 4. The van der Waals surface area contributed by atoms with Gasteiger partial charge >= 0.3 is 0 Å². The van der Waals surface area contributed by atoms with E-state index in [0.717, 1.165) is 12.0 Å². The molecule has 0 fully saturated rings. The first-order chi connectivity index (χ1) is 11.6. The second kappa shape index (κ2) is 24.4. The fourth-order valence-corrected chi connectivity index (χ4v) is 2.07. The zero-order valence-corrected chi connectivity index (χ0v) is 25.0. The van der Waals surface area contributed by atoms with Crippen molar-refractivity contribution in [2.45, 2.75) is 75.2 Å². The van der Waals surface area contributed by atoms with Crippen molar-refractivity contribution in [2.75, 3.05) is 0 Å². The van der Waals surface area contributed by atoms with E-state index in [1.165, 1.54) is 32.4 Å². The van der Waals surface area contributed by atoms with Crippen LogP contribution in [-0.2, 0) is 37.7 Å². The molecule has 1 aliphatic carbocycles. The van der Waals surface area contributed by atoms with Gasteiger partial charge in [0.1, 0.15) is 5.78 Å². The minimum absolute atomic E-state index is 0. The first-order valence-corrected chi connectivity index (χ1v) is 8.58. The maximum Gasteiger partial charge on any atom is 0.156 e. The van der Waals surface area contributed by atoms with E-state index in [-0.39, 0.29) is 106 Å². The van der Waals surface area contributed by atoms with Gasteiger partial charge in [0.05, 0.1) is 0 Å². The summed E-state index contributed by atoms with van der Waals surface area (Å²) in [5, 5.41) is 0. The Balaban J connectivity index is -0.0000000624. The largest absolute Gasteiger partial charge is 0.358 e. The molecule has 1 aliphatic rings. The third kappa shape index (κ3) is 47.4. The zero-order chi connectivity index (χ0) is 21.5. The van der Waals surface area contributed by atoms with Gasteiger partial charge in [0.25, 0.3) is 0 Å². The molecule has 0 saturated heterocycles. The Kier molecular flexibility index (Phi) is 36.2. The Morgan fingerprint density at radius 3 is 1.45 bits per heavy atom. The van der Waals surface area contributed by atoms with Crippen LogP contribution in [0.1, 0.15) is 75.2 Å². The van der Waals surface area contributed by atoms with Crippen LogP contribution in [0, 0.1) is 12.8 Å². The topological polar surface area (TPSA) is 68.3 Å². The van der Waals surface area contributed by atoms with Gasteiger partial charge in [-0.2, -0.15) is 0 Å². The SMILES string of the molecule is C=CC(C)=O.CC(=O)C=C(C)C.CC(C)=O.CC1=CC(=O)CC(C)(C)C1.[CH3-].[K].[V]. The molecule has 2 radical (unpaired) electrons. The molecule has 0 aromatic rings. The summed E-state index contributed by atoms with van der Waals surface area (Å²) in [4.78, 5) is 40.3. The van der Waals surface area contributed by atoms with Crippen LogP contribution in [0.3, 0.4) is 0 Å². The Morgan fingerprint density at radius 1 is 0.966 bits per heavy atom. The summed E-state index contributed by atoms with van der Waals surface area (Å²) in [6.07, 6.45) is 6.44. The summed E-state index contributed by atoms with van der Waals surface area (Å²) < 4.78 is 0. The Hall–Kier alpha value is 0.121. The average molecular weight is 470 g/mol. The molecule has 1 rings (SSSR count). The predicted molar refractivity (Wildman–Crippen MR) is 121 cm³/mol. The maximum atomic E-state index is 11.0. The van der Waals surface area contributed by atoms with Crippen molar-refractivity contribution >= 4 is 74.5 Å². The minimum Gasteiger partial charge on any atom is -0.358 e. The van der Waals surface area contributed by atoms with E-state index in [2.05, 4.69) is 20.4 Å². The van der Waals surface area contributed by atoms with Gasteiger partial charge in [0.2, 0.25) is 0 Å². The van der Waals surface area contributed by atoms with E-state index >= 15 is 0 Å². The maximum absolute atomic E-state index is 11.0. The molecule has 0 amide bonds. The number of hydrogen-bond donors (Lipinski definition) is 0. The Morgan fingerprint density at radius 2 is 1.31 bits per heavy atom. The monoisotopic (exact) mass is 469 g/mol. The molecule has 0 bridgehead atoms. The normalized spacial score (nSPS) is 12.3. The first-order valence-electron chi connectivity index (χ1n) is 8.58. The third-order valence-corrected chi connectivity index (χ3v) is 2.60. The van der Waals surface area contributed by atoms with Crippen LogP contribution < -0.4 is 0 Å². The van der Waals surface area contributed by atoms with Crippen molar-refractivity contribution in [1.82, 2.24) is 0 Å². The van der Waals surface area contributed by atoms with Gasteiger partial charge in [-0.1, -0.05) is 31.6 Å². The van der Waals surface area contributed by atoms with Crippen molar-refractivity contribution in [1.29, 1.82) is 0 Å². The molecule has 0 aromatic carbocycles. The summed E-state index contributed by atoms with van der Waals surface area (Å²) in [7, 11) is 0. The second-order valence-corrected chi connectivity index (χ2v) is 7.53. The standard InChI is InChI=1S/C9H14O.C6H10O.C4H6O.C3H6O.CH3.K.V/c1-7-4-8(10)6-9(2,3)5-7;1-5(2)4-6(3)7;1-3-4(2)5;1-3(2)4;;;/h4H,5-6H2,1-3H3;4H,1-3H3;3H,1H2,2H3;1-2H3;1H3;;/q;;;;-1;;. The van der Waals surface area contributed by atoms with Crippen molar-refractivity contribution < 1.29 is 37.7 Å². The van der Waals surface area contributed by atoms with Crippen LogP contribution >= 0.6 is 0 Å². The van der Waals surface area contributed by atoms with Gasteiger partial charge < -0.3 is 12.2 Å². The van der Waals surface area contributed by atoms with Crippen molar-refractivity contribution in [2.24, 2.45) is 5.41 Å². The molecule has 0 aromatic heterocycles. The molecule has 6 heteroatoms. The number of Topliss-reactive ketones (excluding diaryl/α,β-unsaturated/α-hetero) is 1. The quantitative estimate of drug-likeness (QED) is 0.313. The molecular formula is C23H39KO4V-. The number of ketones is 4. The average Bonchev–Trinajstić information content (AvgIpc) is 2.34. The van der Waals surface area contributed by atoms with Crippen LogP contribution in [0.4, 0.5) is 0 Å². The van der Waals surface area contributed by atoms with Crippen LogP contribution in [0.25, 0.3) is 0 Å². The van der Waals surface area contributed by atoms with Gasteiger partial charge in [-0.15, -0.1) is 0 Å². The number of hydrogen-bond acceptors (Lipinski definition) is 4. The minimum atomic E-state index is 0. The molecule has 0 aliphatic heterocycles. The van der Waals surface area contributed by atoms with E-state index in [0.29, 0.717) is 6.42 Å². The van der Waals surface area contributed by atoms with Gasteiger partial charge in [-0.25, -0.2) is 0 Å². The molecule has 0 heterocycles. The van der Waals surface area contributed by atoms with Gasteiger partial charge in [-0.3, -0.25) is 14.4 Å². The zero-order valence-electron chi connectivity index (χ0n) is 20.4. The van der Waals surface area contributed by atoms with E-state index in [4.69, 9.17) is 0 Å². The Labute approximate surface area is 233 Å². The molecule has 0 saturated carbocycles. The Bertz CT molecular complexity index is 565. The fourth-order valence-electron chi connectivity index (χ4n) is 2.07. The van der Waals surface area contributed by atoms with Gasteiger partial charge in [0.15, 0.2) is 17.3 Å². The molecule has 0 unspecified atom stereocenters. The molecule has 162 valence electrons. The number of carbonyl (C=O) groups is 4. The molecule has 0 atom stereocenters. The third-order valence-electron chi connectivity index (χ3n) is 2.60. The van der Waals surface area contributed by atoms with Crippen molar-refractivity contribution in [3.8, 4) is 0 Å². The molecule has 29 heavy (non-hydrogen) atoms. The number of allylic oxidation sites excluding steroid dienone is 5. The first kappa shape index (κ1) is 43.1. The summed E-state index contributed by atoms with van der Waals surface area (Å²) in [6.45, 7) is 19.4. The van der Waals surface area contributed by atoms with Crippen LogP contribution in [0.15, 0.2) is 36.0 Å². The summed E-state index contributed by atoms with van der Waals surface area (Å²) in [6, 6.07) is 0. The van der Waals surface area contributed by atoms with Gasteiger partial charge in [-0.05, 0) is 78.5 Å².